The molecule has 4 aromatic carbocycles. The van der Waals surface area contributed by atoms with Gasteiger partial charge in [-0.1, -0.05) is 72.3 Å². The molecule has 0 bridgehead atoms. The highest BCUT2D eigenvalue weighted by atomic mass is 19.1. The number of carbonyl (C=O) groups is 1. The summed E-state index contributed by atoms with van der Waals surface area (Å²) in [5.74, 6) is 0.343. The molecule has 0 aromatic heterocycles. The number of nitrogens with two attached hydrogens (primary N) is 1. The molecular weight excluding hydrogens is 495 g/mol. The van der Waals surface area contributed by atoms with Crippen molar-refractivity contribution >= 4 is 5.97 Å². The molecule has 0 saturated heterocycles. The second-order valence-corrected chi connectivity index (χ2v) is 9.50. The molecule has 0 radical (unpaired) electrons. The van der Waals surface area contributed by atoms with Gasteiger partial charge in [-0.3, -0.25) is 9.69 Å². The maximum atomic E-state index is 13.7. The second kappa shape index (κ2) is 13.6. The van der Waals surface area contributed by atoms with E-state index < -0.39 is 12.0 Å². The SMILES string of the molecule is Cc1cccc(COc2ccccc2CN(CC[C@H](N)C(=O)O)Cc2ccccc2Oc2cccc(F)c2)c1. The summed E-state index contributed by atoms with van der Waals surface area (Å²) in [7, 11) is 0. The largest absolute Gasteiger partial charge is 0.489 e. The molecule has 7 heteroatoms. The van der Waals surface area contributed by atoms with Gasteiger partial charge < -0.3 is 20.3 Å². The number of benzene rings is 4. The number of carboxylic acid groups (broad SMARTS) is 1. The fraction of sp³-hybridized carbons (Fsp3) is 0.219. The number of para-hydroxylation sites is 2. The van der Waals surface area contributed by atoms with E-state index in [1.807, 2.05) is 73.7 Å². The van der Waals surface area contributed by atoms with Gasteiger partial charge in [-0.15, -0.1) is 0 Å². The van der Waals surface area contributed by atoms with Crippen LogP contribution in [0.25, 0.3) is 0 Å². The Bertz CT molecular complexity index is 1390. The summed E-state index contributed by atoms with van der Waals surface area (Å²) in [6, 6.07) is 28.6. The number of halogens is 1. The molecule has 0 heterocycles. The first-order chi connectivity index (χ1) is 18.9. The van der Waals surface area contributed by atoms with Crippen molar-refractivity contribution in [2.75, 3.05) is 6.54 Å². The van der Waals surface area contributed by atoms with Crippen molar-refractivity contribution in [3.05, 3.63) is 125 Å². The second-order valence-electron chi connectivity index (χ2n) is 9.50. The molecular formula is C32H33FN2O4. The first-order valence-corrected chi connectivity index (χ1v) is 12.9. The van der Waals surface area contributed by atoms with E-state index in [-0.39, 0.29) is 12.2 Å². The van der Waals surface area contributed by atoms with Crippen molar-refractivity contribution in [1.29, 1.82) is 0 Å². The van der Waals surface area contributed by atoms with E-state index >= 15 is 0 Å². The van der Waals surface area contributed by atoms with E-state index in [1.165, 1.54) is 17.7 Å². The lowest BCUT2D eigenvalue weighted by molar-refractivity contribution is -0.138. The van der Waals surface area contributed by atoms with E-state index in [0.717, 1.165) is 22.4 Å². The summed E-state index contributed by atoms with van der Waals surface area (Å²) in [5.41, 5.74) is 9.94. The molecule has 4 rings (SSSR count). The molecule has 0 saturated carbocycles. The van der Waals surface area contributed by atoms with Crippen molar-refractivity contribution in [1.82, 2.24) is 4.90 Å². The summed E-state index contributed by atoms with van der Waals surface area (Å²) < 4.78 is 26.0. The fourth-order valence-electron chi connectivity index (χ4n) is 4.27. The van der Waals surface area contributed by atoms with Crippen LogP contribution in [0.2, 0.25) is 0 Å². The Morgan fingerprint density at radius 3 is 2.26 bits per heavy atom. The molecule has 6 nitrogen and oxygen atoms in total. The Balaban J connectivity index is 1.54. The number of ether oxygens (including phenoxy) is 2. The van der Waals surface area contributed by atoms with Gasteiger partial charge in [0.05, 0.1) is 0 Å². The van der Waals surface area contributed by atoms with E-state index in [2.05, 4.69) is 11.0 Å². The average molecular weight is 529 g/mol. The zero-order valence-corrected chi connectivity index (χ0v) is 21.9. The molecule has 0 amide bonds. The minimum absolute atomic E-state index is 0.272. The number of hydrogen-bond donors (Lipinski definition) is 2. The molecule has 3 N–H and O–H groups in total. The maximum absolute atomic E-state index is 13.7. The zero-order chi connectivity index (χ0) is 27.6. The van der Waals surface area contributed by atoms with E-state index in [4.69, 9.17) is 15.2 Å². The molecule has 4 aromatic rings. The minimum atomic E-state index is -1.04. The number of nitrogens with zero attached hydrogens (tertiary/aromatic N) is 1. The van der Waals surface area contributed by atoms with Crippen molar-refractivity contribution < 1.29 is 23.8 Å². The van der Waals surface area contributed by atoms with Crippen LogP contribution in [-0.2, 0) is 24.5 Å². The molecule has 0 aliphatic heterocycles. The molecule has 0 unspecified atom stereocenters. The Morgan fingerprint density at radius 1 is 0.897 bits per heavy atom. The van der Waals surface area contributed by atoms with Crippen LogP contribution in [0.4, 0.5) is 4.39 Å². The number of aliphatic carboxylic acids is 1. The van der Waals surface area contributed by atoms with Gasteiger partial charge in [0.2, 0.25) is 0 Å². The Kier molecular flexibility index (Phi) is 9.67. The highest BCUT2D eigenvalue weighted by Gasteiger charge is 2.18. The Labute approximate surface area is 228 Å². The van der Waals surface area contributed by atoms with Crippen LogP contribution < -0.4 is 15.2 Å². The van der Waals surface area contributed by atoms with Gasteiger partial charge in [0.25, 0.3) is 0 Å². The van der Waals surface area contributed by atoms with Gasteiger partial charge >= 0.3 is 5.97 Å². The van der Waals surface area contributed by atoms with Crippen LogP contribution in [0, 0.1) is 12.7 Å². The van der Waals surface area contributed by atoms with E-state index in [0.29, 0.717) is 37.7 Å². The third kappa shape index (κ3) is 8.40. The molecule has 1 atom stereocenters. The lowest BCUT2D eigenvalue weighted by atomic mass is 10.1. The number of rotatable bonds is 13. The minimum Gasteiger partial charge on any atom is -0.489 e. The van der Waals surface area contributed by atoms with Crippen molar-refractivity contribution in [2.24, 2.45) is 5.73 Å². The van der Waals surface area contributed by atoms with Gasteiger partial charge in [0.1, 0.15) is 35.7 Å². The molecule has 0 spiro atoms. The van der Waals surface area contributed by atoms with Gasteiger partial charge in [0, 0.05) is 36.8 Å². The molecule has 202 valence electrons. The highest BCUT2D eigenvalue weighted by Crippen LogP contribution is 2.28. The number of hydrogen-bond acceptors (Lipinski definition) is 5. The summed E-state index contributed by atoms with van der Waals surface area (Å²) in [6.07, 6.45) is 0.272. The van der Waals surface area contributed by atoms with Crippen LogP contribution in [-0.4, -0.2) is 28.6 Å². The Hall–Kier alpha value is -4.20. The van der Waals surface area contributed by atoms with Gasteiger partial charge in [-0.05, 0) is 43.2 Å². The highest BCUT2D eigenvalue weighted by molar-refractivity contribution is 5.73. The molecule has 39 heavy (non-hydrogen) atoms. The number of carboxylic acids is 1. The van der Waals surface area contributed by atoms with Crippen LogP contribution in [0.3, 0.4) is 0 Å². The predicted molar refractivity (Wildman–Crippen MR) is 149 cm³/mol. The fourth-order valence-corrected chi connectivity index (χ4v) is 4.27. The summed E-state index contributed by atoms with van der Waals surface area (Å²) in [6.45, 7) is 3.89. The lowest BCUT2D eigenvalue weighted by Gasteiger charge is -2.25. The summed E-state index contributed by atoms with van der Waals surface area (Å²) >= 11 is 0. The topological polar surface area (TPSA) is 85.0 Å². The monoisotopic (exact) mass is 528 g/mol. The number of aryl methyl sites for hydroxylation is 1. The van der Waals surface area contributed by atoms with Crippen molar-refractivity contribution in [3.63, 3.8) is 0 Å². The maximum Gasteiger partial charge on any atom is 0.320 e. The first-order valence-electron chi connectivity index (χ1n) is 12.9. The normalized spacial score (nSPS) is 11.8. The summed E-state index contributed by atoms with van der Waals surface area (Å²) in [4.78, 5) is 13.5. The summed E-state index contributed by atoms with van der Waals surface area (Å²) in [5, 5.41) is 9.33. The average Bonchev–Trinajstić information content (AvgIpc) is 2.92. The smallest absolute Gasteiger partial charge is 0.320 e. The van der Waals surface area contributed by atoms with Crippen LogP contribution in [0.15, 0.2) is 97.1 Å². The molecule has 0 aliphatic carbocycles. The third-order valence-electron chi connectivity index (χ3n) is 6.31. The zero-order valence-electron chi connectivity index (χ0n) is 21.9. The van der Waals surface area contributed by atoms with Gasteiger partial charge in [0.15, 0.2) is 0 Å². The van der Waals surface area contributed by atoms with Gasteiger partial charge in [-0.25, -0.2) is 4.39 Å². The standard InChI is InChI=1S/C32H33FN2O4/c1-23-8-6-9-24(18-23)22-38-30-14-4-2-10-25(30)20-35(17-16-29(34)32(36)37)21-26-11-3-5-15-31(26)39-28-13-7-12-27(33)19-28/h2-15,18-19,29H,16-17,20-22,34H2,1H3,(H,36,37)/t29-/m0/s1. The van der Waals surface area contributed by atoms with E-state index in [1.54, 1.807) is 12.1 Å². The Morgan fingerprint density at radius 2 is 1.56 bits per heavy atom. The van der Waals surface area contributed by atoms with Crippen LogP contribution >= 0.6 is 0 Å². The predicted octanol–water partition coefficient (Wildman–Crippen LogP) is 6.31. The van der Waals surface area contributed by atoms with Crippen LogP contribution in [0.5, 0.6) is 17.2 Å². The van der Waals surface area contributed by atoms with E-state index in [9.17, 15) is 14.3 Å². The van der Waals surface area contributed by atoms with Crippen molar-refractivity contribution in [2.45, 2.75) is 39.1 Å². The van der Waals surface area contributed by atoms with Crippen LogP contribution in [0.1, 0.15) is 28.7 Å². The van der Waals surface area contributed by atoms with Crippen molar-refractivity contribution in [3.8, 4) is 17.2 Å². The molecule has 0 aliphatic rings. The molecule has 0 fully saturated rings. The first kappa shape index (κ1) is 27.8. The van der Waals surface area contributed by atoms with Gasteiger partial charge in [-0.2, -0.15) is 0 Å². The quantitative estimate of drug-likeness (QED) is 0.212. The lowest BCUT2D eigenvalue weighted by Crippen LogP contribution is -2.35. The third-order valence-corrected chi connectivity index (χ3v) is 6.31.